The van der Waals surface area contributed by atoms with Crippen molar-refractivity contribution < 1.29 is 13.2 Å². The molecule has 0 spiro atoms. The van der Waals surface area contributed by atoms with Crippen molar-refractivity contribution in [2.24, 2.45) is 0 Å². The average molecular weight is 257 g/mol. The van der Waals surface area contributed by atoms with Crippen molar-refractivity contribution in [3.05, 3.63) is 0 Å². The van der Waals surface area contributed by atoms with Gasteiger partial charge in [-0.25, -0.2) is 8.42 Å². The fraction of sp³-hybridized carbons (Fsp3) is 0.875. The Balaban J connectivity index is 0.00000196. The fourth-order valence-corrected chi connectivity index (χ4v) is 2.11. The van der Waals surface area contributed by atoms with Crippen molar-refractivity contribution in [1.82, 2.24) is 10.2 Å². The third-order valence-electron chi connectivity index (χ3n) is 2.11. The maximum absolute atomic E-state index is 11.5. The van der Waals surface area contributed by atoms with Crippen LogP contribution in [0.4, 0.5) is 0 Å². The monoisotopic (exact) mass is 256 g/mol. The topological polar surface area (TPSA) is 66.5 Å². The van der Waals surface area contributed by atoms with Crippen molar-refractivity contribution in [2.75, 3.05) is 31.6 Å². The molecule has 0 aliphatic carbocycles. The number of rotatable bonds is 2. The number of hydrogen-bond donors (Lipinski definition) is 1. The van der Waals surface area contributed by atoms with Crippen molar-refractivity contribution in [2.45, 2.75) is 13.0 Å². The van der Waals surface area contributed by atoms with E-state index < -0.39 is 9.84 Å². The van der Waals surface area contributed by atoms with E-state index in [0.29, 0.717) is 13.1 Å². The number of halogens is 1. The van der Waals surface area contributed by atoms with Crippen molar-refractivity contribution in [1.29, 1.82) is 0 Å². The Morgan fingerprint density at radius 3 is 2.60 bits per heavy atom. The van der Waals surface area contributed by atoms with Crippen LogP contribution in [0.3, 0.4) is 0 Å². The first-order valence-corrected chi connectivity index (χ1v) is 6.63. The first-order chi connectivity index (χ1) is 6.38. The van der Waals surface area contributed by atoms with Gasteiger partial charge in [0.1, 0.15) is 5.75 Å². The number of nitrogens with one attached hydrogen (secondary N) is 1. The van der Waals surface area contributed by atoms with Gasteiger partial charge in [-0.15, -0.1) is 12.4 Å². The summed E-state index contributed by atoms with van der Waals surface area (Å²) in [6.45, 7) is 3.89. The van der Waals surface area contributed by atoms with Gasteiger partial charge in [0.2, 0.25) is 5.91 Å². The van der Waals surface area contributed by atoms with E-state index in [1.807, 2.05) is 6.92 Å². The number of sulfone groups is 1. The van der Waals surface area contributed by atoms with Crippen LogP contribution in [-0.2, 0) is 14.6 Å². The fourth-order valence-electron chi connectivity index (χ4n) is 1.47. The molecular formula is C8H17ClN2O3S. The van der Waals surface area contributed by atoms with Crippen LogP contribution in [0.15, 0.2) is 0 Å². The Morgan fingerprint density at radius 2 is 2.13 bits per heavy atom. The predicted octanol–water partition coefficient (Wildman–Crippen LogP) is -0.727. The Labute approximate surface area is 96.5 Å². The molecule has 1 rings (SSSR count). The van der Waals surface area contributed by atoms with E-state index in [4.69, 9.17) is 0 Å². The molecule has 1 heterocycles. The van der Waals surface area contributed by atoms with Crippen LogP contribution in [0.2, 0.25) is 0 Å². The van der Waals surface area contributed by atoms with E-state index in [1.54, 1.807) is 4.90 Å². The van der Waals surface area contributed by atoms with Gasteiger partial charge in [0, 0.05) is 31.9 Å². The number of amides is 1. The molecular weight excluding hydrogens is 240 g/mol. The van der Waals surface area contributed by atoms with Gasteiger partial charge in [-0.1, -0.05) is 0 Å². The van der Waals surface area contributed by atoms with Gasteiger partial charge in [-0.2, -0.15) is 0 Å². The first-order valence-electron chi connectivity index (χ1n) is 4.57. The second-order valence-corrected chi connectivity index (χ2v) is 5.91. The van der Waals surface area contributed by atoms with Crippen molar-refractivity contribution in [3.63, 3.8) is 0 Å². The van der Waals surface area contributed by atoms with E-state index in [9.17, 15) is 13.2 Å². The highest BCUT2D eigenvalue weighted by atomic mass is 35.5. The van der Waals surface area contributed by atoms with E-state index in [2.05, 4.69) is 5.32 Å². The zero-order chi connectivity index (χ0) is 10.8. The van der Waals surface area contributed by atoms with Gasteiger partial charge in [0.05, 0.1) is 0 Å². The average Bonchev–Trinajstić information content (AvgIpc) is 2.01. The highest BCUT2D eigenvalue weighted by molar-refractivity contribution is 7.91. The molecule has 1 fully saturated rings. The summed E-state index contributed by atoms with van der Waals surface area (Å²) in [6, 6.07) is 0.243. The molecule has 1 aliphatic rings. The lowest BCUT2D eigenvalue weighted by Gasteiger charge is -2.31. The lowest BCUT2D eigenvalue weighted by atomic mass is 10.2. The van der Waals surface area contributed by atoms with Gasteiger partial charge in [-0.05, 0) is 6.92 Å². The molecule has 15 heavy (non-hydrogen) atoms. The molecule has 7 heteroatoms. The van der Waals surface area contributed by atoms with Gasteiger partial charge in [-0.3, -0.25) is 4.79 Å². The summed E-state index contributed by atoms with van der Waals surface area (Å²) in [7, 11) is -3.20. The standard InChI is InChI=1S/C8H16N2O3S.ClH/c1-7-5-10(4-3-9-7)8(11)6-14(2,12)13;/h7,9H,3-6H2,1-2H3;1H/t7-;/m1./s1. The van der Waals surface area contributed by atoms with Crippen LogP contribution in [0.1, 0.15) is 6.92 Å². The second-order valence-electron chi connectivity index (χ2n) is 3.77. The van der Waals surface area contributed by atoms with E-state index in [-0.39, 0.29) is 30.1 Å². The van der Waals surface area contributed by atoms with Crippen molar-refractivity contribution >= 4 is 28.2 Å². The highest BCUT2D eigenvalue weighted by Crippen LogP contribution is 2.00. The predicted molar refractivity (Wildman–Crippen MR) is 61.0 cm³/mol. The van der Waals surface area contributed by atoms with Crippen LogP contribution >= 0.6 is 12.4 Å². The molecule has 5 nitrogen and oxygen atoms in total. The molecule has 1 saturated heterocycles. The molecule has 0 unspecified atom stereocenters. The largest absolute Gasteiger partial charge is 0.339 e. The zero-order valence-corrected chi connectivity index (χ0v) is 10.5. The van der Waals surface area contributed by atoms with Gasteiger partial charge in [0.25, 0.3) is 0 Å². The van der Waals surface area contributed by atoms with Crippen LogP contribution in [0.25, 0.3) is 0 Å². The third-order valence-corrected chi connectivity index (χ3v) is 2.88. The Morgan fingerprint density at radius 1 is 1.53 bits per heavy atom. The lowest BCUT2D eigenvalue weighted by molar-refractivity contribution is -0.129. The van der Waals surface area contributed by atoms with Gasteiger partial charge >= 0.3 is 0 Å². The zero-order valence-electron chi connectivity index (χ0n) is 8.89. The quantitative estimate of drug-likeness (QED) is 0.708. The normalized spacial score (nSPS) is 22.0. The summed E-state index contributed by atoms with van der Waals surface area (Å²) in [5, 5.41) is 3.19. The molecule has 0 bridgehead atoms. The number of piperazine rings is 1. The maximum atomic E-state index is 11.5. The summed E-state index contributed by atoms with van der Waals surface area (Å²) in [6.07, 6.45) is 1.08. The summed E-state index contributed by atoms with van der Waals surface area (Å²) >= 11 is 0. The van der Waals surface area contributed by atoms with E-state index >= 15 is 0 Å². The van der Waals surface area contributed by atoms with Crippen LogP contribution in [0, 0.1) is 0 Å². The number of carbonyl (C=O) groups excluding carboxylic acids is 1. The Bertz CT molecular complexity index is 318. The Hall–Kier alpha value is -0.330. The summed E-state index contributed by atoms with van der Waals surface area (Å²) in [5.74, 6) is -0.666. The van der Waals surface area contributed by atoms with Gasteiger partial charge in [0.15, 0.2) is 9.84 Å². The first kappa shape index (κ1) is 14.7. The highest BCUT2D eigenvalue weighted by Gasteiger charge is 2.22. The molecule has 0 aromatic rings. The molecule has 0 aromatic heterocycles. The van der Waals surface area contributed by atoms with Crippen LogP contribution in [0.5, 0.6) is 0 Å². The van der Waals surface area contributed by atoms with E-state index in [1.165, 1.54) is 0 Å². The number of hydrogen-bond acceptors (Lipinski definition) is 4. The Kier molecular flexibility index (Phi) is 5.55. The van der Waals surface area contributed by atoms with E-state index in [0.717, 1.165) is 12.8 Å². The maximum Gasteiger partial charge on any atom is 0.237 e. The summed E-state index contributed by atoms with van der Waals surface area (Å²) < 4.78 is 21.8. The lowest BCUT2D eigenvalue weighted by Crippen LogP contribution is -2.52. The second kappa shape index (κ2) is 5.67. The smallest absolute Gasteiger partial charge is 0.237 e. The molecule has 90 valence electrons. The molecule has 1 N–H and O–H groups in total. The molecule has 0 saturated carbocycles. The molecule has 1 aliphatic heterocycles. The number of carbonyl (C=O) groups is 1. The molecule has 0 radical (unpaired) electrons. The molecule has 1 atom stereocenters. The summed E-state index contributed by atoms with van der Waals surface area (Å²) in [5.41, 5.74) is 0. The summed E-state index contributed by atoms with van der Waals surface area (Å²) in [4.78, 5) is 13.1. The van der Waals surface area contributed by atoms with Crippen LogP contribution < -0.4 is 5.32 Å². The molecule has 1 amide bonds. The van der Waals surface area contributed by atoms with Crippen LogP contribution in [-0.4, -0.2) is 56.9 Å². The van der Waals surface area contributed by atoms with Gasteiger partial charge < -0.3 is 10.2 Å². The SMILES string of the molecule is C[C@@H]1CN(C(=O)CS(C)(=O)=O)CCN1.Cl. The third kappa shape index (κ3) is 5.34. The molecule has 0 aromatic carbocycles. The minimum Gasteiger partial charge on any atom is -0.339 e. The number of nitrogens with zero attached hydrogens (tertiary/aromatic N) is 1. The minimum atomic E-state index is -3.20. The van der Waals surface area contributed by atoms with Crippen molar-refractivity contribution in [3.8, 4) is 0 Å². The minimum absolute atomic E-state index is 0.